The molecule has 96 valence electrons. The zero-order valence-electron chi connectivity index (χ0n) is 10.6. The van der Waals surface area contributed by atoms with E-state index in [2.05, 4.69) is 12.2 Å². The van der Waals surface area contributed by atoms with E-state index < -0.39 is 0 Å². The topological polar surface area (TPSA) is 45.4 Å². The van der Waals surface area contributed by atoms with Crippen LogP contribution in [0.15, 0.2) is 47.1 Å². The minimum atomic E-state index is 0.350. The predicted molar refractivity (Wildman–Crippen MR) is 71.4 cm³/mol. The van der Waals surface area contributed by atoms with Crippen LogP contribution in [-0.4, -0.2) is 11.1 Å². The number of aromatic hydroxyl groups is 1. The molecule has 2 N–H and O–H groups in total. The third-order valence-corrected chi connectivity index (χ3v) is 3.04. The lowest BCUT2D eigenvalue weighted by molar-refractivity contribution is 0.444. The van der Waals surface area contributed by atoms with Gasteiger partial charge in [0.15, 0.2) is 0 Å². The molecule has 3 heteroatoms. The minimum Gasteiger partial charge on any atom is -0.508 e. The van der Waals surface area contributed by atoms with Gasteiger partial charge in [-0.3, -0.25) is 0 Å². The summed E-state index contributed by atoms with van der Waals surface area (Å²) in [5, 5.41) is 13.0. The van der Waals surface area contributed by atoms with Crippen LogP contribution in [0.3, 0.4) is 0 Å². The summed E-state index contributed by atoms with van der Waals surface area (Å²) >= 11 is 0. The Kier molecular flexibility index (Phi) is 4.42. The maximum Gasteiger partial charge on any atom is 0.120 e. The van der Waals surface area contributed by atoms with Crippen LogP contribution in [0.25, 0.3) is 0 Å². The first-order valence-corrected chi connectivity index (χ1v) is 6.28. The van der Waals surface area contributed by atoms with Crippen molar-refractivity contribution in [3.63, 3.8) is 0 Å². The first-order chi connectivity index (χ1) is 8.75. The Balaban J connectivity index is 1.75. The summed E-state index contributed by atoms with van der Waals surface area (Å²) in [6, 6.07) is 11.7. The van der Waals surface area contributed by atoms with E-state index in [1.807, 2.05) is 30.3 Å². The van der Waals surface area contributed by atoms with Crippen molar-refractivity contribution in [3.05, 3.63) is 54.0 Å². The molecule has 0 amide bonds. The highest BCUT2D eigenvalue weighted by atomic mass is 16.3. The van der Waals surface area contributed by atoms with Gasteiger partial charge in [0.1, 0.15) is 11.5 Å². The van der Waals surface area contributed by atoms with Gasteiger partial charge in [0.05, 0.1) is 6.26 Å². The number of phenolic OH excluding ortho intramolecular Hbond substituents is 1. The number of phenols is 1. The third kappa shape index (κ3) is 3.64. The van der Waals surface area contributed by atoms with Crippen LogP contribution in [-0.2, 0) is 13.0 Å². The van der Waals surface area contributed by atoms with E-state index >= 15 is 0 Å². The molecule has 18 heavy (non-hydrogen) atoms. The van der Waals surface area contributed by atoms with Crippen molar-refractivity contribution < 1.29 is 9.52 Å². The molecule has 0 aliphatic heterocycles. The largest absolute Gasteiger partial charge is 0.508 e. The van der Waals surface area contributed by atoms with Crippen LogP contribution in [0.1, 0.15) is 24.7 Å². The number of benzene rings is 1. The highest BCUT2D eigenvalue weighted by Gasteiger charge is 2.05. The standard InChI is InChI=1S/C15H19NO2/c1-12(8-9-14-6-4-10-18-14)16-11-13-5-2-3-7-15(13)17/h2-7,10,12,16-17H,8-9,11H2,1H3. The van der Waals surface area contributed by atoms with Gasteiger partial charge in [0.2, 0.25) is 0 Å². The number of para-hydroxylation sites is 1. The normalized spacial score (nSPS) is 12.5. The Morgan fingerprint density at radius 3 is 2.78 bits per heavy atom. The van der Waals surface area contributed by atoms with Crippen LogP contribution < -0.4 is 5.32 Å². The SMILES string of the molecule is CC(CCc1ccco1)NCc1ccccc1O. The zero-order chi connectivity index (χ0) is 12.8. The maximum atomic E-state index is 9.65. The lowest BCUT2D eigenvalue weighted by Crippen LogP contribution is -2.25. The fourth-order valence-electron chi connectivity index (χ4n) is 1.86. The molecule has 1 unspecified atom stereocenters. The molecule has 0 spiro atoms. The number of hydrogen-bond acceptors (Lipinski definition) is 3. The maximum absolute atomic E-state index is 9.65. The fraction of sp³-hybridized carbons (Fsp3) is 0.333. The molecular formula is C15H19NO2. The lowest BCUT2D eigenvalue weighted by atomic mass is 10.1. The summed E-state index contributed by atoms with van der Waals surface area (Å²) in [5.74, 6) is 1.37. The Bertz CT molecular complexity index is 465. The number of furan rings is 1. The molecule has 2 aromatic rings. The molecule has 0 fully saturated rings. The molecule has 1 atom stereocenters. The average Bonchev–Trinajstić information content (AvgIpc) is 2.88. The van der Waals surface area contributed by atoms with E-state index in [0.717, 1.165) is 24.2 Å². The first kappa shape index (κ1) is 12.7. The molecule has 0 aliphatic carbocycles. The van der Waals surface area contributed by atoms with Crippen molar-refractivity contribution in [1.82, 2.24) is 5.32 Å². The van der Waals surface area contributed by atoms with E-state index in [-0.39, 0.29) is 0 Å². The summed E-state index contributed by atoms with van der Waals surface area (Å²) in [5.41, 5.74) is 0.933. The molecule has 0 bridgehead atoms. The highest BCUT2D eigenvalue weighted by Crippen LogP contribution is 2.15. The smallest absolute Gasteiger partial charge is 0.120 e. The molecule has 1 heterocycles. The fourth-order valence-corrected chi connectivity index (χ4v) is 1.86. The molecule has 1 aromatic heterocycles. The van der Waals surface area contributed by atoms with Crippen LogP contribution in [0.2, 0.25) is 0 Å². The second-order valence-corrected chi connectivity index (χ2v) is 4.53. The minimum absolute atomic E-state index is 0.350. The number of rotatable bonds is 6. The van der Waals surface area contributed by atoms with E-state index in [4.69, 9.17) is 4.42 Å². The summed E-state index contributed by atoms with van der Waals surface area (Å²) in [7, 11) is 0. The van der Waals surface area contributed by atoms with Gasteiger partial charge in [-0.25, -0.2) is 0 Å². The van der Waals surface area contributed by atoms with Crippen LogP contribution in [0.4, 0.5) is 0 Å². The van der Waals surface area contributed by atoms with E-state index in [9.17, 15) is 5.11 Å². The second-order valence-electron chi connectivity index (χ2n) is 4.53. The summed E-state index contributed by atoms with van der Waals surface area (Å²) in [6.45, 7) is 2.83. The Morgan fingerprint density at radius 2 is 2.06 bits per heavy atom. The van der Waals surface area contributed by atoms with Crippen molar-refractivity contribution >= 4 is 0 Å². The van der Waals surface area contributed by atoms with Gasteiger partial charge in [0.25, 0.3) is 0 Å². The second kappa shape index (κ2) is 6.26. The van der Waals surface area contributed by atoms with Gasteiger partial charge in [-0.05, 0) is 31.5 Å². The molecule has 0 saturated heterocycles. The van der Waals surface area contributed by atoms with Crippen molar-refractivity contribution in [2.75, 3.05) is 0 Å². The summed E-state index contributed by atoms with van der Waals surface area (Å²) in [6.07, 6.45) is 3.65. The molecule has 0 aliphatic rings. The van der Waals surface area contributed by atoms with Crippen molar-refractivity contribution in [1.29, 1.82) is 0 Å². The summed E-state index contributed by atoms with van der Waals surface area (Å²) in [4.78, 5) is 0. The summed E-state index contributed by atoms with van der Waals surface area (Å²) < 4.78 is 5.30. The predicted octanol–water partition coefficient (Wildman–Crippen LogP) is 3.10. The van der Waals surface area contributed by atoms with Crippen LogP contribution in [0, 0.1) is 0 Å². The average molecular weight is 245 g/mol. The van der Waals surface area contributed by atoms with Gasteiger partial charge >= 0.3 is 0 Å². The van der Waals surface area contributed by atoms with E-state index in [0.29, 0.717) is 18.3 Å². The monoisotopic (exact) mass is 245 g/mol. The van der Waals surface area contributed by atoms with Gasteiger partial charge < -0.3 is 14.8 Å². The quantitative estimate of drug-likeness (QED) is 0.822. The number of aryl methyl sites for hydroxylation is 1. The zero-order valence-corrected chi connectivity index (χ0v) is 10.6. The van der Waals surface area contributed by atoms with Crippen molar-refractivity contribution in [3.8, 4) is 5.75 Å². The van der Waals surface area contributed by atoms with Crippen LogP contribution >= 0.6 is 0 Å². The highest BCUT2D eigenvalue weighted by molar-refractivity contribution is 5.31. The van der Waals surface area contributed by atoms with Gasteiger partial charge in [0, 0.05) is 24.6 Å². The lowest BCUT2D eigenvalue weighted by Gasteiger charge is -2.13. The number of nitrogens with one attached hydrogen (secondary N) is 1. The van der Waals surface area contributed by atoms with Crippen molar-refractivity contribution in [2.45, 2.75) is 32.4 Å². The molecule has 0 radical (unpaired) electrons. The Hall–Kier alpha value is -1.74. The first-order valence-electron chi connectivity index (χ1n) is 6.28. The molecule has 3 nitrogen and oxygen atoms in total. The molecule has 1 aromatic carbocycles. The van der Waals surface area contributed by atoms with Gasteiger partial charge in [-0.2, -0.15) is 0 Å². The number of hydrogen-bond donors (Lipinski definition) is 2. The Labute approximate surface area is 107 Å². The molecule has 2 rings (SSSR count). The molecular weight excluding hydrogens is 226 g/mol. The van der Waals surface area contributed by atoms with Gasteiger partial charge in [-0.15, -0.1) is 0 Å². The molecule has 0 saturated carbocycles. The van der Waals surface area contributed by atoms with Gasteiger partial charge in [-0.1, -0.05) is 18.2 Å². The van der Waals surface area contributed by atoms with Crippen molar-refractivity contribution in [2.24, 2.45) is 0 Å². The Morgan fingerprint density at radius 1 is 1.22 bits per heavy atom. The van der Waals surface area contributed by atoms with E-state index in [1.54, 1.807) is 12.3 Å². The van der Waals surface area contributed by atoms with E-state index in [1.165, 1.54) is 0 Å². The van der Waals surface area contributed by atoms with Crippen LogP contribution in [0.5, 0.6) is 5.75 Å². The third-order valence-electron chi connectivity index (χ3n) is 3.04.